The summed E-state index contributed by atoms with van der Waals surface area (Å²) in [5.74, 6) is 0.216. The Balaban J connectivity index is 1.33. The molecule has 26 heavy (non-hydrogen) atoms. The zero-order valence-corrected chi connectivity index (χ0v) is 14.9. The van der Waals surface area contributed by atoms with E-state index >= 15 is 0 Å². The maximum absolute atomic E-state index is 12.6. The van der Waals surface area contributed by atoms with Gasteiger partial charge in [-0.05, 0) is 29.2 Å². The molecule has 0 radical (unpaired) electrons. The van der Waals surface area contributed by atoms with Gasteiger partial charge in [-0.2, -0.15) is 0 Å². The summed E-state index contributed by atoms with van der Waals surface area (Å²) in [7, 11) is 0. The normalized spacial score (nSPS) is 20.5. The van der Waals surface area contributed by atoms with Crippen LogP contribution in [0.4, 0.5) is 0 Å². The van der Waals surface area contributed by atoms with Crippen molar-refractivity contribution in [3.8, 4) is 0 Å². The van der Waals surface area contributed by atoms with Crippen LogP contribution in [0, 0.1) is 0 Å². The molecule has 136 valence electrons. The van der Waals surface area contributed by atoms with Crippen LogP contribution in [-0.4, -0.2) is 60.5 Å². The van der Waals surface area contributed by atoms with Gasteiger partial charge in [0.1, 0.15) is 6.10 Å². The Morgan fingerprint density at radius 1 is 0.962 bits per heavy atom. The van der Waals surface area contributed by atoms with E-state index in [2.05, 4.69) is 24.3 Å². The van der Waals surface area contributed by atoms with E-state index in [-0.39, 0.29) is 17.9 Å². The lowest BCUT2D eigenvalue weighted by Crippen LogP contribution is -2.53. The lowest BCUT2D eigenvalue weighted by atomic mass is 10.0. The minimum atomic E-state index is -0.269. The zero-order chi connectivity index (χ0) is 17.9. The van der Waals surface area contributed by atoms with Gasteiger partial charge in [-0.1, -0.05) is 42.5 Å². The molecule has 2 aliphatic heterocycles. The number of carbonyl (C=O) groups excluding carboxylic acids is 2. The Morgan fingerprint density at radius 2 is 1.69 bits per heavy atom. The van der Waals surface area contributed by atoms with Crippen LogP contribution in [0.3, 0.4) is 0 Å². The van der Waals surface area contributed by atoms with Crippen LogP contribution in [0.5, 0.6) is 0 Å². The first kappa shape index (κ1) is 17.0. The summed E-state index contributed by atoms with van der Waals surface area (Å²) in [5.41, 5.74) is 1.03. The van der Waals surface area contributed by atoms with Gasteiger partial charge in [-0.25, -0.2) is 0 Å². The van der Waals surface area contributed by atoms with E-state index in [0.717, 1.165) is 23.8 Å². The van der Waals surface area contributed by atoms with Gasteiger partial charge in [0, 0.05) is 32.8 Å². The highest BCUT2D eigenvalue weighted by Crippen LogP contribution is 2.18. The van der Waals surface area contributed by atoms with E-state index in [1.165, 1.54) is 5.39 Å². The lowest BCUT2D eigenvalue weighted by Gasteiger charge is -2.35. The Morgan fingerprint density at radius 3 is 2.42 bits per heavy atom. The van der Waals surface area contributed by atoms with Crippen LogP contribution < -0.4 is 0 Å². The third-order valence-corrected chi connectivity index (χ3v) is 5.32. The minimum absolute atomic E-state index is 0.0872. The van der Waals surface area contributed by atoms with Crippen molar-refractivity contribution >= 4 is 22.6 Å². The SMILES string of the molecule is O=C(Cc1ccc2ccccc2c1)N1CCN(C(=O)[C@@H]2CCCO2)CC1. The molecule has 4 rings (SSSR count). The van der Waals surface area contributed by atoms with Crippen LogP contribution in [0.1, 0.15) is 18.4 Å². The number of ether oxygens (including phenoxy) is 1. The number of hydrogen-bond acceptors (Lipinski definition) is 3. The van der Waals surface area contributed by atoms with Gasteiger partial charge in [0.25, 0.3) is 5.91 Å². The van der Waals surface area contributed by atoms with E-state index < -0.39 is 0 Å². The number of carbonyl (C=O) groups is 2. The molecule has 2 aliphatic rings. The summed E-state index contributed by atoms with van der Waals surface area (Å²) in [6.45, 7) is 3.08. The molecule has 0 saturated carbocycles. The van der Waals surface area contributed by atoms with Crippen molar-refractivity contribution in [3.63, 3.8) is 0 Å². The Hall–Kier alpha value is -2.40. The zero-order valence-electron chi connectivity index (χ0n) is 14.9. The number of piperazine rings is 1. The molecule has 0 aliphatic carbocycles. The highest BCUT2D eigenvalue weighted by atomic mass is 16.5. The van der Waals surface area contributed by atoms with Gasteiger partial charge in [0.2, 0.25) is 5.91 Å². The molecule has 1 atom stereocenters. The van der Waals surface area contributed by atoms with Crippen LogP contribution in [0.25, 0.3) is 10.8 Å². The fourth-order valence-corrected chi connectivity index (χ4v) is 3.79. The van der Waals surface area contributed by atoms with E-state index in [9.17, 15) is 9.59 Å². The van der Waals surface area contributed by atoms with Crippen molar-refractivity contribution < 1.29 is 14.3 Å². The van der Waals surface area contributed by atoms with Gasteiger partial charge < -0.3 is 14.5 Å². The third-order valence-electron chi connectivity index (χ3n) is 5.32. The maximum Gasteiger partial charge on any atom is 0.251 e. The van der Waals surface area contributed by atoms with Gasteiger partial charge in [-0.15, -0.1) is 0 Å². The average Bonchev–Trinajstić information content (AvgIpc) is 3.22. The first-order valence-electron chi connectivity index (χ1n) is 9.36. The fourth-order valence-electron chi connectivity index (χ4n) is 3.79. The summed E-state index contributed by atoms with van der Waals surface area (Å²) >= 11 is 0. The summed E-state index contributed by atoms with van der Waals surface area (Å²) in [4.78, 5) is 28.7. The molecule has 0 spiro atoms. The predicted molar refractivity (Wildman–Crippen MR) is 99.8 cm³/mol. The second kappa shape index (κ2) is 7.46. The lowest BCUT2D eigenvalue weighted by molar-refractivity contribution is -0.145. The van der Waals surface area contributed by atoms with Crippen molar-refractivity contribution in [1.29, 1.82) is 0 Å². The molecule has 0 unspecified atom stereocenters. The average molecular weight is 352 g/mol. The molecule has 2 amide bonds. The Kier molecular flexibility index (Phi) is 4.89. The second-order valence-electron chi connectivity index (χ2n) is 7.07. The smallest absolute Gasteiger partial charge is 0.251 e. The first-order valence-corrected chi connectivity index (χ1v) is 9.36. The van der Waals surface area contributed by atoms with Crippen LogP contribution in [0.15, 0.2) is 42.5 Å². The molecule has 0 N–H and O–H groups in total. The second-order valence-corrected chi connectivity index (χ2v) is 7.07. The largest absolute Gasteiger partial charge is 0.368 e. The number of benzene rings is 2. The number of amides is 2. The summed E-state index contributed by atoms with van der Waals surface area (Å²) < 4.78 is 5.48. The molecule has 2 fully saturated rings. The van der Waals surface area contributed by atoms with Crippen LogP contribution in [-0.2, 0) is 20.7 Å². The molecule has 2 saturated heterocycles. The van der Waals surface area contributed by atoms with Crippen molar-refractivity contribution in [1.82, 2.24) is 9.80 Å². The molecule has 0 aromatic heterocycles. The summed E-state index contributed by atoms with van der Waals surface area (Å²) in [5, 5.41) is 2.34. The number of hydrogen-bond donors (Lipinski definition) is 0. The molecule has 2 heterocycles. The number of rotatable bonds is 3. The molecule has 5 heteroatoms. The number of fused-ring (bicyclic) bond motifs is 1. The highest BCUT2D eigenvalue weighted by molar-refractivity contribution is 5.86. The summed E-state index contributed by atoms with van der Waals surface area (Å²) in [6.07, 6.45) is 1.92. The standard InChI is InChI=1S/C21H24N2O3/c24-20(15-16-7-8-17-4-1-2-5-18(17)14-16)22-9-11-23(12-10-22)21(25)19-6-3-13-26-19/h1-2,4-5,7-8,14,19H,3,6,9-13,15H2/t19-/m0/s1. The summed E-state index contributed by atoms with van der Waals surface area (Å²) in [6, 6.07) is 14.4. The predicted octanol–water partition coefficient (Wildman–Crippen LogP) is 2.23. The molecular formula is C21H24N2O3. The molecular weight excluding hydrogens is 328 g/mol. The van der Waals surface area contributed by atoms with Gasteiger partial charge in [-0.3, -0.25) is 9.59 Å². The topological polar surface area (TPSA) is 49.9 Å². The third kappa shape index (κ3) is 3.58. The van der Waals surface area contributed by atoms with E-state index in [1.807, 2.05) is 28.0 Å². The van der Waals surface area contributed by atoms with Crippen LogP contribution in [0.2, 0.25) is 0 Å². The molecule has 5 nitrogen and oxygen atoms in total. The minimum Gasteiger partial charge on any atom is -0.368 e. The monoisotopic (exact) mass is 352 g/mol. The van der Waals surface area contributed by atoms with Crippen molar-refractivity contribution in [3.05, 3.63) is 48.0 Å². The van der Waals surface area contributed by atoms with Crippen molar-refractivity contribution in [2.75, 3.05) is 32.8 Å². The highest BCUT2D eigenvalue weighted by Gasteiger charge is 2.31. The van der Waals surface area contributed by atoms with E-state index in [4.69, 9.17) is 4.74 Å². The van der Waals surface area contributed by atoms with Crippen molar-refractivity contribution in [2.45, 2.75) is 25.4 Å². The van der Waals surface area contributed by atoms with E-state index in [1.54, 1.807) is 0 Å². The fraction of sp³-hybridized carbons (Fsp3) is 0.429. The molecule has 2 aromatic rings. The molecule has 2 aromatic carbocycles. The first-order chi connectivity index (χ1) is 12.7. The van der Waals surface area contributed by atoms with Gasteiger partial charge in [0.15, 0.2) is 0 Å². The Bertz CT molecular complexity index is 806. The molecule has 0 bridgehead atoms. The van der Waals surface area contributed by atoms with Crippen molar-refractivity contribution in [2.24, 2.45) is 0 Å². The van der Waals surface area contributed by atoms with E-state index in [0.29, 0.717) is 39.2 Å². The van der Waals surface area contributed by atoms with Gasteiger partial charge in [0.05, 0.1) is 6.42 Å². The van der Waals surface area contributed by atoms with Gasteiger partial charge >= 0.3 is 0 Å². The maximum atomic E-state index is 12.6. The number of nitrogens with zero attached hydrogens (tertiary/aromatic N) is 2. The Labute approximate surface area is 153 Å². The quantitative estimate of drug-likeness (QED) is 0.851. The van der Waals surface area contributed by atoms with Crippen LogP contribution >= 0.6 is 0 Å².